The fraction of sp³-hybridized carbons (Fsp3) is 0.667. The molecule has 0 aromatic heterocycles. The monoisotopic (exact) mass is 322 g/mol. The summed E-state index contributed by atoms with van der Waals surface area (Å²) in [4.78, 5) is 4.58. The Labute approximate surface area is 140 Å². The van der Waals surface area contributed by atoms with Crippen molar-refractivity contribution in [3.05, 3.63) is 23.8 Å². The first-order valence-electron chi connectivity index (χ1n) is 8.32. The van der Waals surface area contributed by atoms with Gasteiger partial charge in [-0.05, 0) is 33.0 Å². The zero-order valence-corrected chi connectivity index (χ0v) is 14.9. The Hall–Kier alpha value is -1.30. The number of hydrogen-bond donors (Lipinski definition) is 0. The number of benzene rings is 1. The van der Waals surface area contributed by atoms with Gasteiger partial charge in [-0.1, -0.05) is 12.1 Å². The van der Waals surface area contributed by atoms with Gasteiger partial charge in [0.15, 0.2) is 11.5 Å². The molecule has 1 aromatic carbocycles. The summed E-state index contributed by atoms with van der Waals surface area (Å²) in [5, 5.41) is 0. The van der Waals surface area contributed by atoms with Crippen molar-refractivity contribution in [1.29, 1.82) is 0 Å². The maximum Gasteiger partial charge on any atom is 0.165 e. The number of hydrogen-bond acceptors (Lipinski definition) is 5. The van der Waals surface area contributed by atoms with Crippen LogP contribution in [-0.2, 0) is 11.3 Å². The van der Waals surface area contributed by atoms with Crippen LogP contribution in [0.2, 0.25) is 0 Å². The van der Waals surface area contributed by atoms with E-state index >= 15 is 0 Å². The Balaban J connectivity index is 2.02. The lowest BCUT2D eigenvalue weighted by Crippen LogP contribution is -2.36. The van der Waals surface area contributed by atoms with E-state index < -0.39 is 0 Å². The number of methoxy groups -OCH3 is 2. The lowest BCUT2D eigenvalue weighted by atomic mass is 10.1. The second kappa shape index (κ2) is 9.11. The molecule has 0 aliphatic carbocycles. The van der Waals surface area contributed by atoms with Crippen LogP contribution in [0.3, 0.4) is 0 Å². The van der Waals surface area contributed by atoms with Gasteiger partial charge in [-0.25, -0.2) is 0 Å². The molecule has 1 heterocycles. The summed E-state index contributed by atoms with van der Waals surface area (Å²) >= 11 is 0. The van der Waals surface area contributed by atoms with Gasteiger partial charge >= 0.3 is 0 Å². The predicted molar refractivity (Wildman–Crippen MR) is 92.4 cm³/mol. The van der Waals surface area contributed by atoms with Gasteiger partial charge in [0.2, 0.25) is 0 Å². The van der Waals surface area contributed by atoms with Gasteiger partial charge in [-0.15, -0.1) is 0 Å². The zero-order chi connectivity index (χ0) is 16.7. The fourth-order valence-electron chi connectivity index (χ4n) is 2.88. The lowest BCUT2D eigenvalue weighted by molar-refractivity contribution is 0.0386. The molecule has 1 fully saturated rings. The van der Waals surface area contributed by atoms with Crippen molar-refractivity contribution in [2.75, 3.05) is 54.6 Å². The summed E-state index contributed by atoms with van der Waals surface area (Å²) in [7, 11) is 7.60. The molecule has 0 N–H and O–H groups in total. The Morgan fingerprint density at radius 1 is 1.17 bits per heavy atom. The van der Waals surface area contributed by atoms with Gasteiger partial charge in [0.25, 0.3) is 0 Å². The highest BCUT2D eigenvalue weighted by Gasteiger charge is 2.20. The van der Waals surface area contributed by atoms with Crippen LogP contribution < -0.4 is 9.47 Å². The summed E-state index contributed by atoms with van der Waals surface area (Å²) in [6.07, 6.45) is 2.60. The molecule has 5 nitrogen and oxygen atoms in total. The zero-order valence-electron chi connectivity index (χ0n) is 14.9. The van der Waals surface area contributed by atoms with E-state index in [0.29, 0.717) is 12.7 Å². The number of rotatable bonds is 8. The average Bonchev–Trinajstić information content (AvgIpc) is 2.56. The van der Waals surface area contributed by atoms with Crippen molar-refractivity contribution in [2.45, 2.75) is 25.5 Å². The Bertz CT molecular complexity index is 471. The summed E-state index contributed by atoms with van der Waals surface area (Å²) in [6.45, 7) is 4.56. The highest BCUT2D eigenvalue weighted by molar-refractivity contribution is 5.46. The van der Waals surface area contributed by atoms with E-state index in [9.17, 15) is 0 Å². The van der Waals surface area contributed by atoms with E-state index in [1.807, 2.05) is 26.2 Å². The summed E-state index contributed by atoms with van der Waals surface area (Å²) in [5.41, 5.74) is 1.19. The molecule has 130 valence electrons. The van der Waals surface area contributed by atoms with E-state index in [0.717, 1.165) is 50.5 Å². The first-order chi connectivity index (χ1) is 11.1. The number of likely N-dealkylation sites (tertiary alicyclic amines) is 1. The van der Waals surface area contributed by atoms with E-state index in [2.05, 4.69) is 15.9 Å². The van der Waals surface area contributed by atoms with Crippen molar-refractivity contribution in [3.63, 3.8) is 0 Å². The highest BCUT2D eigenvalue weighted by atomic mass is 16.5. The third-order valence-electron chi connectivity index (χ3n) is 4.33. The fourth-order valence-corrected chi connectivity index (χ4v) is 2.88. The molecular weight excluding hydrogens is 292 g/mol. The molecule has 23 heavy (non-hydrogen) atoms. The summed E-state index contributed by atoms with van der Waals surface area (Å²) in [5.74, 6) is 1.69. The molecule has 0 saturated carbocycles. The smallest absolute Gasteiger partial charge is 0.165 e. The van der Waals surface area contributed by atoms with Crippen LogP contribution in [0.5, 0.6) is 11.5 Å². The third-order valence-corrected chi connectivity index (χ3v) is 4.33. The van der Waals surface area contributed by atoms with Gasteiger partial charge in [0.05, 0.1) is 13.2 Å². The normalized spacial score (nSPS) is 16.7. The van der Waals surface area contributed by atoms with Gasteiger partial charge in [0, 0.05) is 38.9 Å². The predicted octanol–water partition coefficient (Wildman–Crippen LogP) is 2.25. The van der Waals surface area contributed by atoms with E-state index in [4.69, 9.17) is 14.2 Å². The van der Waals surface area contributed by atoms with Crippen LogP contribution in [-0.4, -0.2) is 70.5 Å². The van der Waals surface area contributed by atoms with Crippen molar-refractivity contribution in [2.24, 2.45) is 0 Å². The minimum atomic E-state index is 0.410. The van der Waals surface area contributed by atoms with Crippen LogP contribution in [0, 0.1) is 0 Å². The van der Waals surface area contributed by atoms with Crippen molar-refractivity contribution < 1.29 is 14.2 Å². The summed E-state index contributed by atoms with van der Waals surface area (Å²) < 4.78 is 17.0. The van der Waals surface area contributed by atoms with Crippen LogP contribution in [0.4, 0.5) is 0 Å². The molecule has 1 aliphatic rings. The van der Waals surface area contributed by atoms with Gasteiger partial charge < -0.3 is 19.1 Å². The quantitative estimate of drug-likeness (QED) is 0.733. The van der Waals surface area contributed by atoms with Gasteiger partial charge in [0.1, 0.15) is 6.61 Å². The molecule has 0 bridgehead atoms. The van der Waals surface area contributed by atoms with Crippen molar-refractivity contribution in [1.82, 2.24) is 9.80 Å². The number of nitrogens with zero attached hydrogens (tertiary/aromatic N) is 2. The number of ether oxygens (including phenoxy) is 3. The third kappa shape index (κ3) is 5.37. The largest absolute Gasteiger partial charge is 0.493 e. The van der Waals surface area contributed by atoms with Crippen LogP contribution >= 0.6 is 0 Å². The topological polar surface area (TPSA) is 34.2 Å². The molecule has 5 heteroatoms. The first-order valence-corrected chi connectivity index (χ1v) is 8.32. The maximum absolute atomic E-state index is 6.04. The maximum atomic E-state index is 6.04. The van der Waals surface area contributed by atoms with E-state index in [1.165, 1.54) is 5.56 Å². The van der Waals surface area contributed by atoms with E-state index in [1.54, 1.807) is 14.2 Å². The molecule has 1 aliphatic heterocycles. The summed E-state index contributed by atoms with van der Waals surface area (Å²) in [6, 6.07) is 6.14. The van der Waals surface area contributed by atoms with Gasteiger partial charge in [-0.2, -0.15) is 0 Å². The minimum absolute atomic E-state index is 0.410. The van der Waals surface area contributed by atoms with Crippen LogP contribution in [0.1, 0.15) is 18.4 Å². The molecule has 0 radical (unpaired) electrons. The second-order valence-corrected chi connectivity index (χ2v) is 6.31. The number of likely N-dealkylation sites (N-methyl/N-ethyl adjacent to an activating group) is 1. The minimum Gasteiger partial charge on any atom is -0.493 e. The Morgan fingerprint density at radius 2 is 1.91 bits per heavy atom. The molecular formula is C18H30N2O3. The molecule has 0 atom stereocenters. The Morgan fingerprint density at radius 3 is 2.52 bits per heavy atom. The highest BCUT2D eigenvalue weighted by Crippen LogP contribution is 2.32. The van der Waals surface area contributed by atoms with Crippen molar-refractivity contribution in [3.8, 4) is 11.5 Å². The Kier molecular flexibility index (Phi) is 7.15. The second-order valence-electron chi connectivity index (χ2n) is 6.31. The molecule has 2 rings (SSSR count). The molecule has 1 aromatic rings. The average molecular weight is 322 g/mol. The molecule has 0 amide bonds. The first kappa shape index (κ1) is 18.0. The van der Waals surface area contributed by atoms with Crippen molar-refractivity contribution >= 4 is 0 Å². The number of para-hydroxylation sites is 1. The molecule has 0 spiro atoms. The van der Waals surface area contributed by atoms with Gasteiger partial charge in [-0.3, -0.25) is 4.90 Å². The molecule has 0 unspecified atom stereocenters. The molecule has 1 saturated heterocycles. The van der Waals surface area contributed by atoms with E-state index in [-0.39, 0.29) is 0 Å². The van der Waals surface area contributed by atoms with Crippen LogP contribution in [0.25, 0.3) is 0 Å². The standard InChI is InChI=1S/C18H30N2O3/c1-19(2)12-13-23-18-15(6-5-7-17(18)22-4)14-20-10-8-16(21-3)9-11-20/h5-7,16H,8-14H2,1-4H3. The van der Waals surface area contributed by atoms with Crippen LogP contribution in [0.15, 0.2) is 18.2 Å². The lowest BCUT2D eigenvalue weighted by Gasteiger charge is -2.31. The SMILES string of the molecule is COc1cccc(CN2CCC(OC)CC2)c1OCCN(C)C. The number of piperidine rings is 1.